The standard InChI is InChI=1S/C30H40N2O6/c1-29(2,3)38-28(36)31-17-16-23-12-14-25(15-13-23)37-21-24-19-30(4,20-26(33)34)27(35)32(24)18-8-11-22-9-6-5-7-10-22/h5-7,9-10,12-15,24H,8,11,16-21H2,1-4H3,(H,31,36)(H,33,34)/t24-,30+/m1/s1. The second kappa shape index (κ2) is 12.8. The number of hydrogen-bond donors (Lipinski definition) is 2. The van der Waals surface area contributed by atoms with Gasteiger partial charge in [0.15, 0.2) is 0 Å². The summed E-state index contributed by atoms with van der Waals surface area (Å²) in [4.78, 5) is 38.3. The van der Waals surface area contributed by atoms with Crippen molar-refractivity contribution in [1.82, 2.24) is 10.2 Å². The van der Waals surface area contributed by atoms with Crippen LogP contribution >= 0.6 is 0 Å². The molecule has 1 saturated heterocycles. The Balaban J connectivity index is 1.54. The molecule has 1 fully saturated rings. The molecule has 0 aliphatic carbocycles. The summed E-state index contributed by atoms with van der Waals surface area (Å²) in [6.45, 7) is 8.52. The number of aryl methyl sites for hydroxylation is 1. The van der Waals surface area contributed by atoms with Crippen LogP contribution in [0.1, 0.15) is 58.1 Å². The van der Waals surface area contributed by atoms with Crippen LogP contribution in [0.3, 0.4) is 0 Å². The number of likely N-dealkylation sites (tertiary alicyclic amines) is 1. The molecule has 0 unspecified atom stereocenters. The van der Waals surface area contributed by atoms with Crippen molar-refractivity contribution in [2.45, 2.75) is 71.4 Å². The van der Waals surface area contributed by atoms with Crippen LogP contribution in [0.4, 0.5) is 4.79 Å². The average molecular weight is 525 g/mol. The molecular formula is C30H40N2O6. The van der Waals surface area contributed by atoms with Crippen molar-refractivity contribution in [2.75, 3.05) is 19.7 Å². The molecule has 0 spiro atoms. The van der Waals surface area contributed by atoms with Gasteiger partial charge in [-0.25, -0.2) is 4.79 Å². The van der Waals surface area contributed by atoms with Crippen LogP contribution in [0.15, 0.2) is 54.6 Å². The van der Waals surface area contributed by atoms with Gasteiger partial charge in [0.1, 0.15) is 18.0 Å². The van der Waals surface area contributed by atoms with E-state index in [-0.39, 0.29) is 18.4 Å². The fourth-order valence-corrected chi connectivity index (χ4v) is 4.81. The molecule has 0 saturated carbocycles. The second-order valence-corrected chi connectivity index (χ2v) is 11.2. The normalized spacial score (nSPS) is 19.3. The number of alkyl carbamates (subject to hydrolysis) is 1. The van der Waals surface area contributed by atoms with E-state index in [1.807, 2.05) is 68.1 Å². The zero-order chi connectivity index (χ0) is 27.8. The van der Waals surface area contributed by atoms with Crippen LogP contribution in [-0.4, -0.2) is 59.3 Å². The number of carboxylic acid groups (broad SMARTS) is 1. The summed E-state index contributed by atoms with van der Waals surface area (Å²) in [6, 6.07) is 17.5. The number of nitrogens with one attached hydrogen (secondary N) is 1. The summed E-state index contributed by atoms with van der Waals surface area (Å²) in [5.41, 5.74) is 0.787. The highest BCUT2D eigenvalue weighted by atomic mass is 16.6. The van der Waals surface area contributed by atoms with Gasteiger partial charge in [-0.15, -0.1) is 0 Å². The van der Waals surface area contributed by atoms with Crippen LogP contribution in [0.5, 0.6) is 5.75 Å². The molecular weight excluding hydrogens is 484 g/mol. The van der Waals surface area contributed by atoms with Crippen LogP contribution in [-0.2, 0) is 27.2 Å². The monoisotopic (exact) mass is 524 g/mol. The summed E-state index contributed by atoms with van der Waals surface area (Å²) >= 11 is 0. The third kappa shape index (κ3) is 8.78. The number of ether oxygens (including phenoxy) is 2. The molecule has 1 heterocycles. The first kappa shape index (κ1) is 29.0. The fraction of sp³-hybridized carbons (Fsp3) is 0.500. The largest absolute Gasteiger partial charge is 0.491 e. The number of hydrogen-bond acceptors (Lipinski definition) is 5. The number of benzene rings is 2. The lowest BCUT2D eigenvalue weighted by Crippen LogP contribution is -2.39. The number of carbonyl (C=O) groups excluding carboxylic acids is 2. The molecule has 1 aliphatic rings. The maximum Gasteiger partial charge on any atom is 0.407 e. The number of carboxylic acids is 1. The number of nitrogens with zero attached hydrogens (tertiary/aromatic N) is 1. The lowest BCUT2D eigenvalue weighted by molar-refractivity contribution is -0.146. The van der Waals surface area contributed by atoms with Gasteiger partial charge in [0.05, 0.1) is 17.9 Å². The van der Waals surface area contributed by atoms with Gasteiger partial charge in [-0.05, 0) is 69.7 Å². The Bertz CT molecular complexity index is 1080. The predicted molar refractivity (Wildman–Crippen MR) is 145 cm³/mol. The van der Waals surface area contributed by atoms with E-state index in [0.29, 0.717) is 38.3 Å². The van der Waals surface area contributed by atoms with Crippen molar-refractivity contribution in [3.63, 3.8) is 0 Å². The van der Waals surface area contributed by atoms with Crippen LogP contribution in [0, 0.1) is 5.41 Å². The summed E-state index contributed by atoms with van der Waals surface area (Å²) < 4.78 is 11.3. The molecule has 2 aromatic rings. The molecule has 2 atom stereocenters. The molecule has 2 amide bonds. The van der Waals surface area contributed by atoms with Gasteiger partial charge in [-0.3, -0.25) is 9.59 Å². The molecule has 2 N–H and O–H groups in total. The first-order chi connectivity index (χ1) is 17.9. The highest BCUT2D eigenvalue weighted by Crippen LogP contribution is 2.39. The Morgan fingerprint density at radius 1 is 1.05 bits per heavy atom. The van der Waals surface area contributed by atoms with E-state index >= 15 is 0 Å². The summed E-state index contributed by atoms with van der Waals surface area (Å²) in [6.07, 6.45) is 2.10. The maximum absolute atomic E-state index is 13.3. The van der Waals surface area contributed by atoms with Crippen LogP contribution in [0.2, 0.25) is 0 Å². The van der Waals surface area contributed by atoms with Crippen LogP contribution in [0.25, 0.3) is 0 Å². The minimum absolute atomic E-state index is 0.116. The van der Waals surface area contributed by atoms with Crippen molar-refractivity contribution >= 4 is 18.0 Å². The van der Waals surface area contributed by atoms with Crippen molar-refractivity contribution in [3.05, 3.63) is 65.7 Å². The minimum atomic E-state index is -0.969. The van der Waals surface area contributed by atoms with Crippen molar-refractivity contribution in [3.8, 4) is 5.75 Å². The van der Waals surface area contributed by atoms with Gasteiger partial charge in [0.2, 0.25) is 5.91 Å². The highest BCUT2D eigenvalue weighted by Gasteiger charge is 2.49. The van der Waals surface area contributed by atoms with E-state index in [1.165, 1.54) is 5.56 Å². The van der Waals surface area contributed by atoms with Gasteiger partial charge in [-0.1, -0.05) is 49.4 Å². The fourth-order valence-electron chi connectivity index (χ4n) is 4.81. The van der Waals surface area contributed by atoms with Gasteiger partial charge >= 0.3 is 12.1 Å². The van der Waals surface area contributed by atoms with Crippen molar-refractivity contribution < 1.29 is 29.0 Å². The first-order valence-corrected chi connectivity index (χ1v) is 13.2. The average Bonchev–Trinajstić information content (AvgIpc) is 3.06. The summed E-state index contributed by atoms with van der Waals surface area (Å²) in [5.74, 6) is -0.407. The first-order valence-electron chi connectivity index (χ1n) is 13.2. The summed E-state index contributed by atoms with van der Waals surface area (Å²) in [7, 11) is 0. The van der Waals surface area contributed by atoms with E-state index in [2.05, 4.69) is 17.4 Å². The molecule has 206 valence electrons. The van der Waals surface area contributed by atoms with Gasteiger partial charge in [-0.2, -0.15) is 0 Å². The highest BCUT2D eigenvalue weighted by molar-refractivity contribution is 5.88. The SMILES string of the molecule is CC(C)(C)OC(=O)NCCc1ccc(OC[C@H]2C[C@@](C)(CC(=O)O)C(=O)N2CCCc2ccccc2)cc1. The number of carbonyl (C=O) groups is 3. The Labute approximate surface area is 225 Å². The van der Waals surface area contributed by atoms with E-state index in [1.54, 1.807) is 6.92 Å². The Kier molecular flexibility index (Phi) is 9.78. The Morgan fingerprint density at radius 2 is 1.71 bits per heavy atom. The van der Waals surface area contributed by atoms with Crippen LogP contribution < -0.4 is 10.1 Å². The van der Waals surface area contributed by atoms with Crippen molar-refractivity contribution in [1.29, 1.82) is 0 Å². The maximum atomic E-state index is 13.3. The lowest BCUT2D eigenvalue weighted by atomic mass is 9.84. The van der Waals surface area contributed by atoms with E-state index in [0.717, 1.165) is 18.4 Å². The van der Waals surface area contributed by atoms with Gasteiger partial charge in [0, 0.05) is 13.1 Å². The quantitative estimate of drug-likeness (QED) is 0.411. The smallest absolute Gasteiger partial charge is 0.407 e. The Hall–Kier alpha value is -3.55. The molecule has 8 nitrogen and oxygen atoms in total. The van der Waals surface area contributed by atoms with E-state index in [4.69, 9.17) is 9.47 Å². The zero-order valence-electron chi connectivity index (χ0n) is 22.9. The minimum Gasteiger partial charge on any atom is -0.491 e. The Morgan fingerprint density at radius 3 is 2.34 bits per heavy atom. The number of aliphatic carboxylic acids is 1. The molecule has 1 aliphatic heterocycles. The third-order valence-corrected chi connectivity index (χ3v) is 6.60. The lowest BCUT2D eigenvalue weighted by Gasteiger charge is -2.25. The molecule has 2 aromatic carbocycles. The topological polar surface area (TPSA) is 105 Å². The molecule has 3 rings (SSSR count). The van der Waals surface area contributed by atoms with Crippen molar-refractivity contribution in [2.24, 2.45) is 5.41 Å². The zero-order valence-corrected chi connectivity index (χ0v) is 22.9. The number of rotatable bonds is 12. The second-order valence-electron chi connectivity index (χ2n) is 11.2. The summed E-state index contributed by atoms with van der Waals surface area (Å²) in [5, 5.41) is 12.1. The van der Waals surface area contributed by atoms with Gasteiger partial charge < -0.3 is 24.8 Å². The van der Waals surface area contributed by atoms with Gasteiger partial charge in [0.25, 0.3) is 0 Å². The number of amides is 2. The molecule has 8 heteroatoms. The predicted octanol–water partition coefficient (Wildman–Crippen LogP) is 4.85. The van der Waals surface area contributed by atoms with E-state index in [9.17, 15) is 19.5 Å². The third-order valence-electron chi connectivity index (χ3n) is 6.60. The molecule has 0 aromatic heterocycles. The molecule has 0 bridgehead atoms. The van der Waals surface area contributed by atoms with E-state index < -0.39 is 23.1 Å². The molecule has 38 heavy (non-hydrogen) atoms. The molecule has 0 radical (unpaired) electrons.